The lowest BCUT2D eigenvalue weighted by atomic mass is 9.85. The molecule has 1 atom stereocenters. The standard InChI is InChI=1S/C17H17ClN2O4S2/c1-11-7-10-25-14(11)15(21)20-9-8-17(20,2)16(22)19-26(23,24)13-6-4-3-5-12(13)18/h3-7,10H,8-9H2,1-2H3,(H,19,22). The number of nitrogens with zero attached hydrogens (tertiary/aromatic N) is 1. The van der Waals surface area contributed by atoms with Gasteiger partial charge in [-0.05, 0) is 49.4 Å². The topological polar surface area (TPSA) is 83.6 Å². The lowest BCUT2D eigenvalue weighted by Gasteiger charge is -2.48. The summed E-state index contributed by atoms with van der Waals surface area (Å²) in [4.78, 5) is 27.2. The highest BCUT2D eigenvalue weighted by Gasteiger charge is 2.51. The van der Waals surface area contributed by atoms with Gasteiger partial charge in [0, 0.05) is 6.54 Å². The van der Waals surface area contributed by atoms with Crippen LogP contribution in [0.3, 0.4) is 0 Å². The minimum Gasteiger partial charge on any atom is -0.323 e. The first-order valence-corrected chi connectivity index (χ1v) is 10.6. The Morgan fingerprint density at radius 2 is 1.96 bits per heavy atom. The van der Waals surface area contributed by atoms with Crippen LogP contribution < -0.4 is 4.72 Å². The first-order chi connectivity index (χ1) is 12.2. The van der Waals surface area contributed by atoms with Crippen LogP contribution >= 0.6 is 22.9 Å². The molecule has 1 unspecified atom stereocenters. The van der Waals surface area contributed by atoms with Crippen molar-refractivity contribution in [1.29, 1.82) is 0 Å². The van der Waals surface area contributed by atoms with E-state index in [9.17, 15) is 18.0 Å². The van der Waals surface area contributed by atoms with Crippen LogP contribution in [0.15, 0.2) is 40.6 Å². The van der Waals surface area contributed by atoms with Gasteiger partial charge in [0.1, 0.15) is 10.4 Å². The van der Waals surface area contributed by atoms with Gasteiger partial charge in [-0.3, -0.25) is 9.59 Å². The molecule has 6 nitrogen and oxygen atoms in total. The molecule has 2 heterocycles. The fourth-order valence-corrected chi connectivity index (χ4v) is 5.25. The van der Waals surface area contributed by atoms with Gasteiger partial charge in [0.25, 0.3) is 21.8 Å². The monoisotopic (exact) mass is 412 g/mol. The van der Waals surface area contributed by atoms with Gasteiger partial charge < -0.3 is 4.90 Å². The molecule has 1 saturated heterocycles. The van der Waals surface area contributed by atoms with Crippen molar-refractivity contribution in [1.82, 2.24) is 9.62 Å². The van der Waals surface area contributed by atoms with E-state index in [1.54, 1.807) is 13.0 Å². The molecule has 2 amide bonds. The SMILES string of the molecule is Cc1ccsc1C(=O)N1CCC1(C)C(=O)NS(=O)(=O)c1ccccc1Cl. The number of rotatable bonds is 4. The minimum absolute atomic E-state index is 0.0219. The van der Waals surface area contributed by atoms with E-state index in [4.69, 9.17) is 11.6 Å². The molecular formula is C17H17ClN2O4S2. The van der Waals surface area contributed by atoms with Crippen LogP contribution in [0.25, 0.3) is 0 Å². The second-order valence-corrected chi connectivity index (χ2v) is 9.25. The van der Waals surface area contributed by atoms with E-state index >= 15 is 0 Å². The number of likely N-dealkylation sites (tertiary alicyclic amines) is 1. The molecule has 1 N–H and O–H groups in total. The molecule has 0 bridgehead atoms. The number of carbonyl (C=O) groups excluding carboxylic acids is 2. The van der Waals surface area contributed by atoms with E-state index in [1.807, 2.05) is 18.4 Å². The number of aryl methyl sites for hydroxylation is 1. The lowest BCUT2D eigenvalue weighted by molar-refractivity contribution is -0.135. The second kappa shape index (κ2) is 6.68. The van der Waals surface area contributed by atoms with Gasteiger partial charge in [-0.25, -0.2) is 13.1 Å². The number of nitrogens with one attached hydrogen (secondary N) is 1. The van der Waals surface area contributed by atoms with E-state index < -0.39 is 21.5 Å². The molecule has 0 spiro atoms. The quantitative estimate of drug-likeness (QED) is 0.836. The maximum atomic E-state index is 12.7. The first-order valence-electron chi connectivity index (χ1n) is 7.84. The number of benzene rings is 1. The zero-order valence-corrected chi connectivity index (χ0v) is 16.5. The summed E-state index contributed by atoms with van der Waals surface area (Å²) in [7, 11) is -4.13. The average molecular weight is 413 g/mol. The summed E-state index contributed by atoms with van der Waals surface area (Å²) in [5.74, 6) is -1.01. The highest BCUT2D eigenvalue weighted by atomic mass is 35.5. The highest BCUT2D eigenvalue weighted by Crippen LogP contribution is 2.34. The Morgan fingerprint density at radius 3 is 2.50 bits per heavy atom. The van der Waals surface area contributed by atoms with E-state index in [2.05, 4.69) is 4.72 Å². The molecule has 26 heavy (non-hydrogen) atoms. The van der Waals surface area contributed by atoms with Gasteiger partial charge in [-0.1, -0.05) is 23.7 Å². The number of halogens is 1. The largest absolute Gasteiger partial charge is 0.323 e. The van der Waals surface area contributed by atoms with Crippen molar-refractivity contribution in [2.75, 3.05) is 6.54 Å². The van der Waals surface area contributed by atoms with Gasteiger partial charge in [0.05, 0.1) is 9.90 Å². The molecule has 0 saturated carbocycles. The third kappa shape index (κ3) is 3.13. The molecule has 0 radical (unpaired) electrons. The fraction of sp³-hybridized carbons (Fsp3) is 0.294. The van der Waals surface area contributed by atoms with Crippen LogP contribution in [0.5, 0.6) is 0 Å². The summed E-state index contributed by atoms with van der Waals surface area (Å²) in [6.07, 6.45) is 0.382. The lowest BCUT2D eigenvalue weighted by Crippen LogP contribution is -2.67. The second-order valence-electron chi connectivity index (χ2n) is 6.28. The number of thiophene rings is 1. The summed E-state index contributed by atoms with van der Waals surface area (Å²) in [5, 5.41) is 1.83. The maximum Gasteiger partial charge on any atom is 0.265 e. The Bertz CT molecular complexity index is 986. The number of carbonyl (C=O) groups is 2. The molecule has 0 aliphatic carbocycles. The van der Waals surface area contributed by atoms with Gasteiger partial charge in [0.15, 0.2) is 0 Å². The Balaban J connectivity index is 1.82. The zero-order valence-electron chi connectivity index (χ0n) is 14.2. The van der Waals surface area contributed by atoms with Crippen molar-refractivity contribution >= 4 is 44.8 Å². The van der Waals surface area contributed by atoms with Gasteiger partial charge in [-0.2, -0.15) is 0 Å². The predicted octanol–water partition coefficient (Wildman–Crippen LogP) is 2.82. The van der Waals surface area contributed by atoms with Crippen molar-refractivity contribution in [2.24, 2.45) is 0 Å². The van der Waals surface area contributed by atoms with E-state index in [0.29, 0.717) is 17.8 Å². The van der Waals surface area contributed by atoms with E-state index in [1.165, 1.54) is 34.4 Å². The van der Waals surface area contributed by atoms with Gasteiger partial charge in [0.2, 0.25) is 0 Å². The normalized spacial score (nSPS) is 19.7. The molecular weight excluding hydrogens is 396 g/mol. The smallest absolute Gasteiger partial charge is 0.265 e. The number of hydrogen-bond donors (Lipinski definition) is 1. The van der Waals surface area contributed by atoms with Gasteiger partial charge in [-0.15, -0.1) is 11.3 Å². The fourth-order valence-electron chi connectivity index (χ4n) is 2.78. The average Bonchev–Trinajstić information content (AvgIpc) is 2.98. The van der Waals surface area contributed by atoms with Crippen molar-refractivity contribution in [3.8, 4) is 0 Å². The molecule has 1 aromatic heterocycles. The Hall–Kier alpha value is -1.90. The van der Waals surface area contributed by atoms with Crippen molar-refractivity contribution in [3.63, 3.8) is 0 Å². The van der Waals surface area contributed by atoms with Crippen LogP contribution in [0.2, 0.25) is 5.02 Å². The van der Waals surface area contributed by atoms with Crippen molar-refractivity contribution in [2.45, 2.75) is 30.7 Å². The summed E-state index contributed by atoms with van der Waals surface area (Å²) in [6, 6.07) is 7.70. The Labute approximate surface area is 160 Å². The third-order valence-electron chi connectivity index (χ3n) is 4.56. The molecule has 2 aromatic rings. The van der Waals surface area contributed by atoms with Crippen LogP contribution in [0, 0.1) is 6.92 Å². The zero-order chi connectivity index (χ0) is 19.1. The highest BCUT2D eigenvalue weighted by molar-refractivity contribution is 7.90. The van der Waals surface area contributed by atoms with E-state index in [0.717, 1.165) is 5.56 Å². The first kappa shape index (κ1) is 18.9. The molecule has 3 rings (SSSR count). The molecule has 1 aliphatic heterocycles. The molecule has 1 aliphatic rings. The number of sulfonamides is 1. The minimum atomic E-state index is -4.13. The molecule has 9 heteroatoms. The summed E-state index contributed by atoms with van der Waals surface area (Å²) in [5.41, 5.74) is -0.389. The molecule has 1 aromatic carbocycles. The Kier molecular flexibility index (Phi) is 4.85. The van der Waals surface area contributed by atoms with Gasteiger partial charge >= 0.3 is 0 Å². The van der Waals surface area contributed by atoms with Crippen LogP contribution in [-0.2, 0) is 14.8 Å². The third-order valence-corrected chi connectivity index (χ3v) is 7.40. The van der Waals surface area contributed by atoms with Crippen molar-refractivity contribution in [3.05, 3.63) is 51.2 Å². The van der Waals surface area contributed by atoms with Crippen LogP contribution in [0.4, 0.5) is 0 Å². The summed E-state index contributed by atoms with van der Waals surface area (Å²) >= 11 is 7.23. The van der Waals surface area contributed by atoms with Crippen LogP contribution in [0.1, 0.15) is 28.6 Å². The molecule has 138 valence electrons. The molecule has 1 fully saturated rings. The van der Waals surface area contributed by atoms with Crippen LogP contribution in [-0.4, -0.2) is 37.2 Å². The predicted molar refractivity (Wildman–Crippen MR) is 99.9 cm³/mol. The maximum absolute atomic E-state index is 12.7. The summed E-state index contributed by atoms with van der Waals surface area (Å²) in [6.45, 7) is 3.78. The number of hydrogen-bond acceptors (Lipinski definition) is 5. The Morgan fingerprint density at radius 1 is 1.27 bits per heavy atom. The van der Waals surface area contributed by atoms with E-state index in [-0.39, 0.29) is 15.8 Å². The van der Waals surface area contributed by atoms with Crippen molar-refractivity contribution < 1.29 is 18.0 Å². The number of amides is 2. The summed E-state index contributed by atoms with van der Waals surface area (Å²) < 4.78 is 27.0.